The molecule has 1 N–H and O–H groups in total. The smallest absolute Gasteiger partial charge is 0.135 e. The lowest BCUT2D eigenvalue weighted by molar-refractivity contribution is 0.0904. The van der Waals surface area contributed by atoms with Gasteiger partial charge in [0.1, 0.15) is 5.82 Å². The highest BCUT2D eigenvalue weighted by Gasteiger charge is 2.24. The van der Waals surface area contributed by atoms with Gasteiger partial charge in [0.2, 0.25) is 0 Å². The Morgan fingerprint density at radius 2 is 2.11 bits per heavy atom. The van der Waals surface area contributed by atoms with Crippen LogP contribution >= 0.6 is 0 Å². The minimum Gasteiger partial charge on any atom is -0.381 e. The van der Waals surface area contributed by atoms with Gasteiger partial charge in [-0.3, -0.25) is 4.99 Å². The molecule has 1 aromatic heterocycles. The summed E-state index contributed by atoms with van der Waals surface area (Å²) in [4.78, 5) is 9.21. The minimum atomic E-state index is 0.445. The SMILES string of the molecule is CC(C)C1=NCc2ccnc(NC3CCOCC3)c21. The van der Waals surface area contributed by atoms with E-state index in [0.29, 0.717) is 12.0 Å². The first-order chi connectivity index (χ1) is 9.25. The maximum absolute atomic E-state index is 5.41. The van der Waals surface area contributed by atoms with E-state index in [4.69, 9.17) is 4.74 Å². The van der Waals surface area contributed by atoms with Crippen LogP contribution in [-0.4, -0.2) is 30.0 Å². The lowest BCUT2D eigenvalue weighted by atomic mass is 9.98. The number of fused-ring (bicyclic) bond motifs is 1. The van der Waals surface area contributed by atoms with Crippen molar-refractivity contribution >= 4 is 11.5 Å². The highest BCUT2D eigenvalue weighted by Crippen LogP contribution is 2.29. The van der Waals surface area contributed by atoms with Crippen molar-refractivity contribution in [2.45, 2.75) is 39.3 Å². The lowest BCUT2D eigenvalue weighted by Crippen LogP contribution is -2.29. The number of hydrogen-bond donors (Lipinski definition) is 1. The molecule has 2 aliphatic rings. The number of aliphatic imine (C=N–C) groups is 1. The average molecular weight is 259 g/mol. The van der Waals surface area contributed by atoms with E-state index in [-0.39, 0.29) is 0 Å². The van der Waals surface area contributed by atoms with Crippen LogP contribution in [0.2, 0.25) is 0 Å². The Balaban J connectivity index is 1.86. The summed E-state index contributed by atoms with van der Waals surface area (Å²) in [5.41, 5.74) is 3.73. The van der Waals surface area contributed by atoms with Crippen LogP contribution in [-0.2, 0) is 11.3 Å². The number of anilines is 1. The molecule has 1 fully saturated rings. The van der Waals surface area contributed by atoms with E-state index >= 15 is 0 Å². The molecule has 102 valence electrons. The van der Waals surface area contributed by atoms with Crippen LogP contribution in [0.4, 0.5) is 5.82 Å². The summed E-state index contributed by atoms with van der Waals surface area (Å²) < 4.78 is 5.41. The monoisotopic (exact) mass is 259 g/mol. The molecule has 1 saturated heterocycles. The van der Waals surface area contributed by atoms with Gasteiger partial charge in [-0.2, -0.15) is 0 Å². The van der Waals surface area contributed by atoms with Crippen molar-refractivity contribution in [3.63, 3.8) is 0 Å². The summed E-state index contributed by atoms with van der Waals surface area (Å²) in [7, 11) is 0. The number of hydrogen-bond acceptors (Lipinski definition) is 4. The first-order valence-corrected chi connectivity index (χ1v) is 7.12. The van der Waals surface area contributed by atoms with Crippen molar-refractivity contribution in [3.8, 4) is 0 Å². The Morgan fingerprint density at radius 3 is 2.84 bits per heavy atom. The molecule has 0 spiro atoms. The van der Waals surface area contributed by atoms with Crippen LogP contribution in [0.3, 0.4) is 0 Å². The van der Waals surface area contributed by atoms with Crippen molar-refractivity contribution in [1.82, 2.24) is 4.98 Å². The van der Waals surface area contributed by atoms with Crippen LogP contribution in [0.1, 0.15) is 37.8 Å². The molecule has 2 aliphatic heterocycles. The van der Waals surface area contributed by atoms with Crippen LogP contribution in [0.15, 0.2) is 17.3 Å². The van der Waals surface area contributed by atoms with E-state index in [1.54, 1.807) is 0 Å². The van der Waals surface area contributed by atoms with Gasteiger partial charge in [0.25, 0.3) is 0 Å². The van der Waals surface area contributed by atoms with E-state index in [0.717, 1.165) is 38.4 Å². The van der Waals surface area contributed by atoms with E-state index in [1.165, 1.54) is 16.8 Å². The topological polar surface area (TPSA) is 46.5 Å². The molecule has 0 bridgehead atoms. The van der Waals surface area contributed by atoms with Gasteiger partial charge in [-0.25, -0.2) is 4.98 Å². The fourth-order valence-electron chi connectivity index (χ4n) is 2.78. The number of ether oxygens (including phenoxy) is 1. The molecule has 19 heavy (non-hydrogen) atoms. The Kier molecular flexibility index (Phi) is 3.51. The van der Waals surface area contributed by atoms with Crippen molar-refractivity contribution in [2.24, 2.45) is 10.9 Å². The van der Waals surface area contributed by atoms with E-state index in [1.807, 2.05) is 6.20 Å². The summed E-state index contributed by atoms with van der Waals surface area (Å²) in [5, 5.41) is 3.59. The maximum Gasteiger partial charge on any atom is 0.135 e. The van der Waals surface area contributed by atoms with E-state index in [9.17, 15) is 0 Å². The van der Waals surface area contributed by atoms with E-state index < -0.39 is 0 Å². The van der Waals surface area contributed by atoms with Crippen molar-refractivity contribution < 1.29 is 4.74 Å². The first kappa shape index (κ1) is 12.6. The summed E-state index contributed by atoms with van der Waals surface area (Å²) in [6.45, 7) is 6.88. The Morgan fingerprint density at radius 1 is 1.32 bits per heavy atom. The molecule has 0 atom stereocenters. The van der Waals surface area contributed by atoms with Crippen LogP contribution in [0.5, 0.6) is 0 Å². The second-order valence-corrected chi connectivity index (χ2v) is 5.58. The molecule has 1 aromatic rings. The van der Waals surface area contributed by atoms with Gasteiger partial charge in [0.05, 0.1) is 6.54 Å². The van der Waals surface area contributed by atoms with Crippen LogP contribution in [0.25, 0.3) is 0 Å². The molecule has 0 aliphatic carbocycles. The zero-order valence-electron chi connectivity index (χ0n) is 11.6. The highest BCUT2D eigenvalue weighted by atomic mass is 16.5. The van der Waals surface area contributed by atoms with Gasteiger partial charge < -0.3 is 10.1 Å². The largest absolute Gasteiger partial charge is 0.381 e. The third kappa shape index (κ3) is 2.50. The first-order valence-electron chi connectivity index (χ1n) is 7.12. The zero-order valence-corrected chi connectivity index (χ0v) is 11.6. The highest BCUT2D eigenvalue weighted by molar-refractivity contribution is 6.08. The predicted octanol–water partition coefficient (Wildman–Crippen LogP) is 2.63. The third-order valence-electron chi connectivity index (χ3n) is 3.82. The number of nitrogens with one attached hydrogen (secondary N) is 1. The van der Waals surface area contributed by atoms with Crippen molar-refractivity contribution in [1.29, 1.82) is 0 Å². The van der Waals surface area contributed by atoms with Crippen LogP contribution < -0.4 is 5.32 Å². The Hall–Kier alpha value is -1.42. The molecule has 0 aromatic carbocycles. The number of rotatable bonds is 3. The molecule has 3 heterocycles. The summed E-state index contributed by atoms with van der Waals surface area (Å²) in [6.07, 6.45) is 4.00. The molecule has 0 unspecified atom stereocenters. The van der Waals surface area contributed by atoms with E-state index in [2.05, 4.69) is 35.2 Å². The second-order valence-electron chi connectivity index (χ2n) is 5.58. The fourth-order valence-corrected chi connectivity index (χ4v) is 2.78. The Bertz CT molecular complexity index is 490. The lowest BCUT2D eigenvalue weighted by Gasteiger charge is -2.25. The normalized spacial score (nSPS) is 19.4. The standard InChI is InChI=1S/C15H21N3O/c1-10(2)14-13-11(9-17-14)3-6-16-15(13)18-12-4-7-19-8-5-12/h3,6,10,12H,4-5,7-9H2,1-2H3,(H,16,18). The second kappa shape index (κ2) is 5.29. The number of nitrogens with zero attached hydrogens (tertiary/aromatic N) is 2. The van der Waals surface area contributed by atoms with Crippen LogP contribution in [0, 0.1) is 5.92 Å². The molecule has 4 nitrogen and oxygen atoms in total. The molecule has 4 heteroatoms. The fraction of sp³-hybridized carbons (Fsp3) is 0.600. The van der Waals surface area contributed by atoms with Crippen molar-refractivity contribution in [2.75, 3.05) is 18.5 Å². The quantitative estimate of drug-likeness (QED) is 0.907. The average Bonchev–Trinajstić information content (AvgIpc) is 2.85. The molecule has 0 radical (unpaired) electrons. The van der Waals surface area contributed by atoms with Gasteiger partial charge in [0.15, 0.2) is 0 Å². The molecule has 0 amide bonds. The van der Waals surface area contributed by atoms with Gasteiger partial charge in [-0.15, -0.1) is 0 Å². The molecular formula is C15H21N3O. The summed E-state index contributed by atoms with van der Waals surface area (Å²) in [5.74, 6) is 1.45. The van der Waals surface area contributed by atoms with Gasteiger partial charge >= 0.3 is 0 Å². The van der Waals surface area contributed by atoms with Gasteiger partial charge in [0, 0.05) is 36.7 Å². The minimum absolute atomic E-state index is 0.445. The Labute approximate surface area is 114 Å². The van der Waals surface area contributed by atoms with Crippen molar-refractivity contribution in [3.05, 3.63) is 23.4 Å². The number of pyridine rings is 1. The maximum atomic E-state index is 5.41. The van der Waals surface area contributed by atoms with Gasteiger partial charge in [-0.05, 0) is 30.4 Å². The number of aromatic nitrogens is 1. The predicted molar refractivity (Wildman–Crippen MR) is 76.8 cm³/mol. The summed E-state index contributed by atoms with van der Waals surface area (Å²) in [6, 6.07) is 2.56. The third-order valence-corrected chi connectivity index (χ3v) is 3.82. The molecule has 0 saturated carbocycles. The molecule has 3 rings (SSSR count). The van der Waals surface area contributed by atoms with Gasteiger partial charge in [-0.1, -0.05) is 13.8 Å². The summed E-state index contributed by atoms with van der Waals surface area (Å²) >= 11 is 0. The zero-order chi connectivity index (χ0) is 13.2. The molecular weight excluding hydrogens is 238 g/mol.